The van der Waals surface area contributed by atoms with Crippen LogP contribution >= 0.6 is 0 Å². The molecule has 1 aliphatic rings. The standard InChI is InChI=1S/C20H26N2O2/c1-20(24,16-23)19-21(14-17-8-4-2-5-9-17)12-13-22(19)15-18-10-6-3-7-11-18/h2-11,19,23-24H,12-16H2,1H3/t20-/m1/s1. The van der Waals surface area contributed by atoms with E-state index in [-0.39, 0.29) is 12.8 Å². The van der Waals surface area contributed by atoms with Gasteiger partial charge >= 0.3 is 0 Å². The molecule has 4 heteroatoms. The molecule has 0 aliphatic carbocycles. The van der Waals surface area contributed by atoms with Crippen molar-refractivity contribution in [2.75, 3.05) is 19.7 Å². The van der Waals surface area contributed by atoms with Crippen LogP contribution in [0.15, 0.2) is 60.7 Å². The van der Waals surface area contributed by atoms with Crippen molar-refractivity contribution in [2.45, 2.75) is 31.8 Å². The van der Waals surface area contributed by atoms with Crippen molar-refractivity contribution < 1.29 is 10.2 Å². The van der Waals surface area contributed by atoms with Crippen molar-refractivity contribution in [2.24, 2.45) is 0 Å². The van der Waals surface area contributed by atoms with Crippen LogP contribution in [0.5, 0.6) is 0 Å². The fraction of sp³-hybridized carbons (Fsp3) is 0.400. The highest BCUT2D eigenvalue weighted by Crippen LogP contribution is 2.28. The Morgan fingerprint density at radius 2 is 1.29 bits per heavy atom. The van der Waals surface area contributed by atoms with Crippen LogP contribution in [0.4, 0.5) is 0 Å². The summed E-state index contributed by atoms with van der Waals surface area (Å²) >= 11 is 0. The maximum absolute atomic E-state index is 10.8. The zero-order valence-electron chi connectivity index (χ0n) is 14.2. The first kappa shape index (κ1) is 17.1. The van der Waals surface area contributed by atoms with Crippen molar-refractivity contribution in [3.63, 3.8) is 0 Å². The summed E-state index contributed by atoms with van der Waals surface area (Å²) in [6.07, 6.45) is -0.206. The summed E-state index contributed by atoms with van der Waals surface area (Å²) in [4.78, 5) is 4.52. The molecule has 0 amide bonds. The minimum atomic E-state index is -1.17. The summed E-state index contributed by atoms with van der Waals surface area (Å²) in [5.74, 6) is 0. The fourth-order valence-corrected chi connectivity index (χ4v) is 3.57. The zero-order valence-corrected chi connectivity index (χ0v) is 14.2. The number of hydrogen-bond acceptors (Lipinski definition) is 4. The van der Waals surface area contributed by atoms with Crippen molar-refractivity contribution in [1.29, 1.82) is 0 Å². The Labute approximate surface area is 144 Å². The Bertz CT molecular complexity index is 581. The Kier molecular flexibility index (Phi) is 5.31. The van der Waals surface area contributed by atoms with Gasteiger partial charge in [-0.1, -0.05) is 60.7 Å². The van der Waals surface area contributed by atoms with Crippen LogP contribution in [0, 0.1) is 0 Å². The van der Waals surface area contributed by atoms with E-state index in [4.69, 9.17) is 0 Å². The second-order valence-electron chi connectivity index (χ2n) is 6.80. The molecule has 0 unspecified atom stereocenters. The molecule has 0 spiro atoms. The smallest absolute Gasteiger partial charge is 0.114 e. The van der Waals surface area contributed by atoms with Crippen LogP contribution in [0.3, 0.4) is 0 Å². The number of hydrogen-bond donors (Lipinski definition) is 2. The molecule has 0 bridgehead atoms. The maximum atomic E-state index is 10.8. The van der Waals surface area contributed by atoms with E-state index in [1.54, 1.807) is 6.92 Å². The van der Waals surface area contributed by atoms with Crippen molar-refractivity contribution in [1.82, 2.24) is 9.80 Å². The summed E-state index contributed by atoms with van der Waals surface area (Å²) in [5, 5.41) is 20.5. The van der Waals surface area contributed by atoms with Crippen molar-refractivity contribution in [3.8, 4) is 0 Å². The Hall–Kier alpha value is -1.72. The maximum Gasteiger partial charge on any atom is 0.114 e. The summed E-state index contributed by atoms with van der Waals surface area (Å²) in [6.45, 7) is 4.76. The van der Waals surface area contributed by atoms with E-state index in [0.717, 1.165) is 26.2 Å². The molecule has 24 heavy (non-hydrogen) atoms. The molecule has 0 aromatic heterocycles. The molecule has 1 fully saturated rings. The van der Waals surface area contributed by atoms with Crippen molar-refractivity contribution >= 4 is 0 Å². The first-order valence-electron chi connectivity index (χ1n) is 8.49. The van der Waals surface area contributed by atoms with Gasteiger partial charge in [-0.2, -0.15) is 0 Å². The van der Waals surface area contributed by atoms with Gasteiger partial charge in [-0.05, 0) is 18.1 Å². The third kappa shape index (κ3) is 3.84. The van der Waals surface area contributed by atoms with Gasteiger partial charge in [0.2, 0.25) is 0 Å². The van der Waals surface area contributed by atoms with E-state index in [1.165, 1.54) is 11.1 Å². The average molecular weight is 326 g/mol. The largest absolute Gasteiger partial charge is 0.393 e. The van der Waals surface area contributed by atoms with Gasteiger partial charge in [0.1, 0.15) is 5.60 Å². The number of rotatable bonds is 6. The van der Waals surface area contributed by atoms with Gasteiger partial charge in [0.25, 0.3) is 0 Å². The highest BCUT2D eigenvalue weighted by atomic mass is 16.3. The third-order valence-electron chi connectivity index (χ3n) is 4.70. The molecular weight excluding hydrogens is 300 g/mol. The first-order chi connectivity index (χ1) is 11.6. The second-order valence-corrected chi connectivity index (χ2v) is 6.80. The number of aliphatic hydroxyl groups excluding tert-OH is 1. The summed E-state index contributed by atoms with van der Waals surface area (Å²) in [6, 6.07) is 20.6. The normalized spacial score (nSPS) is 19.5. The molecule has 128 valence electrons. The molecule has 1 aliphatic heterocycles. The highest BCUT2D eigenvalue weighted by molar-refractivity contribution is 5.17. The van der Waals surface area contributed by atoms with Crippen LogP contribution in [0.1, 0.15) is 18.1 Å². The lowest BCUT2D eigenvalue weighted by Gasteiger charge is -2.39. The van der Waals surface area contributed by atoms with Crippen LogP contribution in [0.2, 0.25) is 0 Å². The van der Waals surface area contributed by atoms with Gasteiger partial charge in [-0.15, -0.1) is 0 Å². The molecule has 2 aromatic carbocycles. The number of aliphatic hydroxyl groups is 2. The molecule has 4 nitrogen and oxygen atoms in total. The van der Waals surface area contributed by atoms with E-state index < -0.39 is 5.60 Å². The molecule has 2 N–H and O–H groups in total. The van der Waals surface area contributed by atoms with Crippen LogP contribution in [-0.4, -0.2) is 51.5 Å². The van der Waals surface area contributed by atoms with Gasteiger partial charge < -0.3 is 10.2 Å². The molecule has 2 aromatic rings. The third-order valence-corrected chi connectivity index (χ3v) is 4.70. The van der Waals surface area contributed by atoms with E-state index in [1.807, 2.05) is 36.4 Å². The van der Waals surface area contributed by atoms with Gasteiger partial charge in [0.05, 0.1) is 12.8 Å². The number of benzene rings is 2. The molecule has 0 saturated carbocycles. The minimum absolute atomic E-state index is 0.206. The summed E-state index contributed by atoms with van der Waals surface area (Å²) in [7, 11) is 0. The molecule has 0 radical (unpaired) electrons. The number of nitrogens with zero attached hydrogens (tertiary/aromatic N) is 2. The first-order valence-corrected chi connectivity index (χ1v) is 8.49. The van der Waals surface area contributed by atoms with Crippen LogP contribution in [0.25, 0.3) is 0 Å². The second kappa shape index (κ2) is 7.45. The Morgan fingerprint density at radius 1 is 0.875 bits per heavy atom. The molecule has 1 saturated heterocycles. The summed E-state index contributed by atoms with van der Waals surface area (Å²) < 4.78 is 0. The fourth-order valence-electron chi connectivity index (χ4n) is 3.57. The van der Waals surface area contributed by atoms with E-state index in [2.05, 4.69) is 34.1 Å². The molecular formula is C20H26N2O2. The van der Waals surface area contributed by atoms with E-state index >= 15 is 0 Å². The lowest BCUT2D eigenvalue weighted by atomic mass is 10.0. The average Bonchev–Trinajstić information content (AvgIpc) is 3.00. The topological polar surface area (TPSA) is 46.9 Å². The van der Waals surface area contributed by atoms with Crippen LogP contribution < -0.4 is 0 Å². The van der Waals surface area contributed by atoms with Gasteiger partial charge in [0.15, 0.2) is 0 Å². The van der Waals surface area contributed by atoms with Gasteiger partial charge in [0, 0.05) is 26.2 Å². The lowest BCUT2D eigenvalue weighted by Crippen LogP contribution is -2.56. The highest BCUT2D eigenvalue weighted by Gasteiger charge is 2.43. The lowest BCUT2D eigenvalue weighted by molar-refractivity contribution is -0.103. The monoisotopic (exact) mass is 326 g/mol. The predicted octanol–water partition coefficient (Wildman–Crippen LogP) is 2.07. The Balaban J connectivity index is 1.79. The van der Waals surface area contributed by atoms with E-state index in [0.29, 0.717) is 0 Å². The van der Waals surface area contributed by atoms with Gasteiger partial charge in [-0.25, -0.2) is 0 Å². The minimum Gasteiger partial charge on any atom is -0.393 e. The SMILES string of the molecule is C[C@@](O)(CO)C1N(Cc2ccccc2)CCN1Cc1ccccc1. The zero-order chi connectivity index (χ0) is 17.0. The van der Waals surface area contributed by atoms with Crippen LogP contribution in [-0.2, 0) is 13.1 Å². The quantitative estimate of drug-likeness (QED) is 0.853. The predicted molar refractivity (Wildman–Crippen MR) is 95.2 cm³/mol. The van der Waals surface area contributed by atoms with Gasteiger partial charge in [-0.3, -0.25) is 9.80 Å². The summed E-state index contributed by atoms with van der Waals surface area (Å²) in [5.41, 5.74) is 1.27. The van der Waals surface area contributed by atoms with Crippen molar-refractivity contribution in [3.05, 3.63) is 71.8 Å². The Morgan fingerprint density at radius 3 is 1.67 bits per heavy atom. The molecule has 1 atom stereocenters. The van der Waals surface area contributed by atoms with E-state index in [9.17, 15) is 10.2 Å². The molecule has 1 heterocycles. The molecule has 3 rings (SSSR count).